The summed E-state index contributed by atoms with van der Waals surface area (Å²) in [7, 11) is 0. The van der Waals surface area contributed by atoms with Gasteiger partial charge in [-0.2, -0.15) is 0 Å². The van der Waals surface area contributed by atoms with Crippen LogP contribution in [0, 0.1) is 0 Å². The SMILES string of the molecule is CCc1ccc(C(CN)NC(C)(C)C)cc1CC. The maximum Gasteiger partial charge on any atom is 0.0448 e. The van der Waals surface area contributed by atoms with Gasteiger partial charge in [-0.05, 0) is 50.3 Å². The van der Waals surface area contributed by atoms with Gasteiger partial charge in [0.05, 0.1) is 0 Å². The van der Waals surface area contributed by atoms with Crippen LogP contribution >= 0.6 is 0 Å². The normalized spacial score (nSPS) is 13.7. The molecule has 18 heavy (non-hydrogen) atoms. The lowest BCUT2D eigenvalue weighted by atomic mass is 9.95. The quantitative estimate of drug-likeness (QED) is 0.840. The van der Waals surface area contributed by atoms with Gasteiger partial charge in [-0.15, -0.1) is 0 Å². The number of benzene rings is 1. The lowest BCUT2D eigenvalue weighted by Crippen LogP contribution is -2.41. The first kappa shape index (κ1) is 15.2. The van der Waals surface area contributed by atoms with Crippen molar-refractivity contribution in [3.63, 3.8) is 0 Å². The van der Waals surface area contributed by atoms with Crippen molar-refractivity contribution < 1.29 is 0 Å². The smallest absolute Gasteiger partial charge is 0.0448 e. The van der Waals surface area contributed by atoms with E-state index in [9.17, 15) is 0 Å². The van der Waals surface area contributed by atoms with Crippen LogP contribution in [-0.4, -0.2) is 12.1 Å². The summed E-state index contributed by atoms with van der Waals surface area (Å²) in [5.74, 6) is 0. The molecule has 2 heteroatoms. The standard InChI is InChI=1S/C16H28N2/c1-6-12-8-9-14(10-13(12)7-2)15(11-17)18-16(3,4)5/h8-10,15,18H,6-7,11,17H2,1-5H3. The number of nitrogens with one attached hydrogen (secondary N) is 1. The second kappa shape index (κ2) is 6.35. The van der Waals surface area contributed by atoms with Gasteiger partial charge < -0.3 is 11.1 Å². The van der Waals surface area contributed by atoms with Gasteiger partial charge in [0.15, 0.2) is 0 Å². The van der Waals surface area contributed by atoms with Crippen molar-refractivity contribution in [2.24, 2.45) is 5.73 Å². The molecule has 0 heterocycles. The Hall–Kier alpha value is -0.860. The van der Waals surface area contributed by atoms with Gasteiger partial charge >= 0.3 is 0 Å². The Balaban J connectivity index is 3.00. The van der Waals surface area contributed by atoms with Gasteiger partial charge in [-0.3, -0.25) is 0 Å². The number of rotatable bonds is 5. The molecule has 1 atom stereocenters. The van der Waals surface area contributed by atoms with Gasteiger partial charge in [0.2, 0.25) is 0 Å². The molecule has 0 spiro atoms. The van der Waals surface area contributed by atoms with Gasteiger partial charge in [0.1, 0.15) is 0 Å². The van der Waals surface area contributed by atoms with E-state index in [0.29, 0.717) is 6.54 Å². The molecule has 102 valence electrons. The van der Waals surface area contributed by atoms with Crippen molar-refractivity contribution in [2.45, 2.75) is 59.0 Å². The third kappa shape index (κ3) is 4.11. The molecule has 0 aliphatic heterocycles. The van der Waals surface area contributed by atoms with Crippen molar-refractivity contribution in [1.29, 1.82) is 0 Å². The van der Waals surface area contributed by atoms with E-state index in [-0.39, 0.29) is 11.6 Å². The zero-order valence-corrected chi connectivity index (χ0v) is 12.5. The topological polar surface area (TPSA) is 38.0 Å². The summed E-state index contributed by atoms with van der Waals surface area (Å²) in [6.07, 6.45) is 2.19. The molecule has 0 aromatic heterocycles. The molecular weight excluding hydrogens is 220 g/mol. The van der Waals surface area contributed by atoms with E-state index < -0.39 is 0 Å². The molecule has 0 radical (unpaired) electrons. The second-order valence-electron chi connectivity index (χ2n) is 5.92. The van der Waals surface area contributed by atoms with E-state index in [1.807, 2.05) is 0 Å². The Morgan fingerprint density at radius 1 is 1.11 bits per heavy atom. The van der Waals surface area contributed by atoms with E-state index >= 15 is 0 Å². The molecule has 1 rings (SSSR count). The Kier molecular flexibility index (Phi) is 5.36. The monoisotopic (exact) mass is 248 g/mol. The highest BCUT2D eigenvalue weighted by Gasteiger charge is 2.18. The van der Waals surface area contributed by atoms with Crippen molar-refractivity contribution >= 4 is 0 Å². The van der Waals surface area contributed by atoms with Crippen LogP contribution in [0.3, 0.4) is 0 Å². The maximum absolute atomic E-state index is 5.91. The summed E-state index contributed by atoms with van der Waals surface area (Å²) in [5, 5.41) is 3.59. The number of hydrogen-bond donors (Lipinski definition) is 2. The molecule has 0 bridgehead atoms. The predicted molar refractivity (Wildman–Crippen MR) is 79.9 cm³/mol. The first-order valence-corrected chi connectivity index (χ1v) is 7.00. The highest BCUT2D eigenvalue weighted by Crippen LogP contribution is 2.20. The minimum Gasteiger partial charge on any atom is -0.329 e. The third-order valence-electron chi connectivity index (χ3n) is 3.24. The van der Waals surface area contributed by atoms with Crippen molar-refractivity contribution in [1.82, 2.24) is 5.32 Å². The lowest BCUT2D eigenvalue weighted by molar-refractivity contribution is 0.367. The van der Waals surface area contributed by atoms with Crippen LogP contribution in [0.2, 0.25) is 0 Å². The number of aryl methyl sites for hydroxylation is 2. The van der Waals surface area contributed by atoms with Gasteiger partial charge in [0.25, 0.3) is 0 Å². The molecule has 0 saturated heterocycles. The van der Waals surface area contributed by atoms with E-state index in [1.165, 1.54) is 16.7 Å². The zero-order chi connectivity index (χ0) is 13.8. The largest absolute Gasteiger partial charge is 0.329 e. The van der Waals surface area contributed by atoms with Crippen LogP contribution in [0.4, 0.5) is 0 Å². The summed E-state index contributed by atoms with van der Waals surface area (Å²) < 4.78 is 0. The van der Waals surface area contributed by atoms with Crippen molar-refractivity contribution in [3.8, 4) is 0 Å². The average molecular weight is 248 g/mol. The second-order valence-corrected chi connectivity index (χ2v) is 5.92. The fourth-order valence-electron chi connectivity index (χ4n) is 2.34. The van der Waals surface area contributed by atoms with Gasteiger partial charge in [-0.25, -0.2) is 0 Å². The van der Waals surface area contributed by atoms with Crippen molar-refractivity contribution in [2.75, 3.05) is 6.54 Å². The van der Waals surface area contributed by atoms with E-state index in [2.05, 4.69) is 58.1 Å². The van der Waals surface area contributed by atoms with Crippen LogP contribution < -0.4 is 11.1 Å². The van der Waals surface area contributed by atoms with Crippen LogP contribution in [0.15, 0.2) is 18.2 Å². The molecular formula is C16H28N2. The van der Waals surface area contributed by atoms with Crippen LogP contribution in [0.25, 0.3) is 0 Å². The Labute approximate surface area is 112 Å². The summed E-state index contributed by atoms with van der Waals surface area (Å²) in [6, 6.07) is 7.02. The molecule has 0 aliphatic rings. The highest BCUT2D eigenvalue weighted by molar-refractivity contribution is 5.34. The van der Waals surface area contributed by atoms with Crippen molar-refractivity contribution in [3.05, 3.63) is 34.9 Å². The highest BCUT2D eigenvalue weighted by atomic mass is 15.0. The molecule has 1 aromatic rings. The molecule has 3 N–H and O–H groups in total. The fraction of sp³-hybridized carbons (Fsp3) is 0.625. The Morgan fingerprint density at radius 2 is 1.72 bits per heavy atom. The molecule has 1 unspecified atom stereocenters. The predicted octanol–water partition coefficient (Wildman–Crippen LogP) is 3.20. The average Bonchev–Trinajstić information content (AvgIpc) is 2.34. The Bertz CT molecular complexity index is 377. The summed E-state index contributed by atoms with van der Waals surface area (Å²) >= 11 is 0. The lowest BCUT2D eigenvalue weighted by Gasteiger charge is -2.28. The summed E-state index contributed by atoms with van der Waals surface area (Å²) in [6.45, 7) is 11.6. The molecule has 1 aromatic carbocycles. The molecule has 2 nitrogen and oxygen atoms in total. The van der Waals surface area contributed by atoms with Gasteiger partial charge in [-0.1, -0.05) is 32.0 Å². The first-order chi connectivity index (χ1) is 8.41. The van der Waals surface area contributed by atoms with E-state index in [1.54, 1.807) is 0 Å². The van der Waals surface area contributed by atoms with Crippen LogP contribution in [0.1, 0.15) is 57.4 Å². The number of nitrogens with two attached hydrogens (primary N) is 1. The minimum atomic E-state index is 0.0832. The zero-order valence-electron chi connectivity index (χ0n) is 12.5. The first-order valence-electron chi connectivity index (χ1n) is 7.00. The van der Waals surface area contributed by atoms with Gasteiger partial charge in [0, 0.05) is 18.1 Å². The van der Waals surface area contributed by atoms with Crippen LogP contribution in [0.5, 0.6) is 0 Å². The summed E-state index contributed by atoms with van der Waals surface area (Å²) in [5.41, 5.74) is 10.2. The molecule has 0 amide bonds. The van der Waals surface area contributed by atoms with Crippen LogP contribution in [-0.2, 0) is 12.8 Å². The summed E-state index contributed by atoms with van der Waals surface area (Å²) in [4.78, 5) is 0. The molecule has 0 saturated carbocycles. The van der Waals surface area contributed by atoms with E-state index in [0.717, 1.165) is 12.8 Å². The maximum atomic E-state index is 5.91. The molecule has 0 fully saturated rings. The fourth-order valence-corrected chi connectivity index (χ4v) is 2.34. The number of hydrogen-bond acceptors (Lipinski definition) is 2. The third-order valence-corrected chi connectivity index (χ3v) is 3.24. The molecule has 0 aliphatic carbocycles. The Morgan fingerprint density at radius 3 is 2.17 bits per heavy atom. The minimum absolute atomic E-state index is 0.0832. The van der Waals surface area contributed by atoms with E-state index in [4.69, 9.17) is 5.73 Å².